The fourth-order valence-corrected chi connectivity index (χ4v) is 1.93. The Labute approximate surface area is 122 Å². The van der Waals surface area contributed by atoms with Gasteiger partial charge in [0.25, 0.3) is 5.91 Å². The molecule has 1 rings (SSSR count). The van der Waals surface area contributed by atoms with E-state index in [0.717, 1.165) is 6.26 Å². The molecule has 0 saturated carbocycles. The smallest absolute Gasteiger partial charge is 0.303 e. The number of carboxylic acids is 1. The van der Waals surface area contributed by atoms with E-state index in [-0.39, 0.29) is 31.2 Å². The van der Waals surface area contributed by atoms with Crippen LogP contribution in [0.1, 0.15) is 29.7 Å². The summed E-state index contributed by atoms with van der Waals surface area (Å²) in [6, 6.07) is 2.92. The molecular weight excluding hydrogens is 300 g/mol. The molecule has 0 fully saturated rings. The number of carboxylic acid groups (broad SMARTS) is 1. The summed E-state index contributed by atoms with van der Waals surface area (Å²) in [6.07, 6.45) is 0.982. The minimum atomic E-state index is -3.33. The molecule has 1 heterocycles. The summed E-state index contributed by atoms with van der Waals surface area (Å²) >= 11 is 0. The van der Waals surface area contributed by atoms with Crippen molar-refractivity contribution < 1.29 is 27.5 Å². The van der Waals surface area contributed by atoms with Crippen molar-refractivity contribution in [3.8, 4) is 0 Å². The molecule has 1 amide bonds. The number of carbonyl (C=O) groups is 2. The van der Waals surface area contributed by atoms with E-state index in [1.807, 2.05) is 0 Å². The lowest BCUT2D eigenvalue weighted by Gasteiger charge is -2.09. The molecule has 0 aliphatic carbocycles. The Hall–Kier alpha value is -1.87. The fourth-order valence-electron chi connectivity index (χ4n) is 1.52. The lowest BCUT2D eigenvalue weighted by atomic mass is 10.1. The number of hydrogen-bond acceptors (Lipinski definition) is 5. The van der Waals surface area contributed by atoms with Crippen LogP contribution in [-0.2, 0) is 21.4 Å². The van der Waals surface area contributed by atoms with Gasteiger partial charge < -0.3 is 14.8 Å². The van der Waals surface area contributed by atoms with Crippen LogP contribution in [0.15, 0.2) is 16.5 Å². The van der Waals surface area contributed by atoms with Crippen molar-refractivity contribution in [2.75, 3.05) is 12.8 Å². The van der Waals surface area contributed by atoms with E-state index in [0.29, 0.717) is 5.76 Å². The zero-order valence-electron chi connectivity index (χ0n) is 11.8. The summed E-state index contributed by atoms with van der Waals surface area (Å²) in [5.41, 5.74) is 0. The maximum absolute atomic E-state index is 11.8. The second kappa shape index (κ2) is 7.23. The van der Waals surface area contributed by atoms with Crippen LogP contribution >= 0.6 is 0 Å². The molecule has 21 heavy (non-hydrogen) atoms. The normalized spacial score (nSPS) is 12.9. The molecule has 0 bridgehead atoms. The first-order valence-electron chi connectivity index (χ1n) is 6.20. The molecule has 1 aromatic heterocycles. The Morgan fingerprint density at radius 2 is 2.05 bits per heavy atom. The van der Waals surface area contributed by atoms with Gasteiger partial charge in [0.05, 0.1) is 12.8 Å². The highest BCUT2D eigenvalue weighted by Crippen LogP contribution is 2.08. The Bertz CT molecular complexity index is 607. The number of aliphatic carboxylic acids is 1. The van der Waals surface area contributed by atoms with Gasteiger partial charge in [0, 0.05) is 13.0 Å². The molecule has 8 nitrogen and oxygen atoms in total. The zero-order valence-corrected chi connectivity index (χ0v) is 12.6. The predicted octanol–water partition coefficient (Wildman–Crippen LogP) is 0.169. The minimum Gasteiger partial charge on any atom is -0.481 e. The van der Waals surface area contributed by atoms with E-state index in [1.165, 1.54) is 12.1 Å². The molecule has 118 valence electrons. The largest absolute Gasteiger partial charge is 0.481 e. The van der Waals surface area contributed by atoms with Crippen molar-refractivity contribution in [2.24, 2.45) is 5.92 Å². The van der Waals surface area contributed by atoms with Gasteiger partial charge in [0.15, 0.2) is 5.76 Å². The topological polar surface area (TPSA) is 126 Å². The molecule has 1 aromatic rings. The summed E-state index contributed by atoms with van der Waals surface area (Å²) in [5.74, 6) is -1.25. The van der Waals surface area contributed by atoms with Crippen LogP contribution in [-0.4, -0.2) is 38.2 Å². The molecule has 1 unspecified atom stereocenters. The van der Waals surface area contributed by atoms with Crippen molar-refractivity contribution in [1.29, 1.82) is 0 Å². The quantitative estimate of drug-likeness (QED) is 0.627. The minimum absolute atomic E-state index is 0.0397. The molecular formula is C12H18N2O6S. The van der Waals surface area contributed by atoms with Gasteiger partial charge in [-0.3, -0.25) is 9.59 Å². The predicted molar refractivity (Wildman–Crippen MR) is 74.1 cm³/mol. The first kappa shape index (κ1) is 17.2. The molecule has 0 spiro atoms. The number of carbonyl (C=O) groups excluding carboxylic acids is 1. The summed E-state index contributed by atoms with van der Waals surface area (Å²) in [5, 5.41) is 11.2. The lowest BCUT2D eigenvalue weighted by molar-refractivity contribution is -0.137. The van der Waals surface area contributed by atoms with E-state index < -0.39 is 21.9 Å². The first-order valence-corrected chi connectivity index (χ1v) is 8.10. The highest BCUT2D eigenvalue weighted by atomic mass is 32.2. The highest BCUT2D eigenvalue weighted by molar-refractivity contribution is 7.88. The second-order valence-electron chi connectivity index (χ2n) is 4.77. The standard InChI is InChI=1S/C12H18N2O6S/c1-8(5-11(15)16)6-13-12(17)10-4-3-9(20-10)7-14-21(2,18)19/h3-4,8,14H,5-7H2,1-2H3,(H,13,17)(H,15,16). The summed E-state index contributed by atoms with van der Waals surface area (Å²) < 4.78 is 29.3. The highest BCUT2D eigenvalue weighted by Gasteiger charge is 2.14. The molecule has 1 atom stereocenters. The first-order chi connectivity index (χ1) is 9.67. The van der Waals surface area contributed by atoms with E-state index in [9.17, 15) is 18.0 Å². The number of sulfonamides is 1. The van der Waals surface area contributed by atoms with Gasteiger partial charge in [-0.25, -0.2) is 13.1 Å². The third kappa shape index (κ3) is 6.91. The fraction of sp³-hybridized carbons (Fsp3) is 0.500. The van der Waals surface area contributed by atoms with Crippen LogP contribution in [0.2, 0.25) is 0 Å². The average molecular weight is 318 g/mol. The van der Waals surface area contributed by atoms with Gasteiger partial charge in [-0.1, -0.05) is 6.92 Å². The van der Waals surface area contributed by atoms with Crippen LogP contribution < -0.4 is 10.0 Å². The van der Waals surface area contributed by atoms with Gasteiger partial charge >= 0.3 is 5.97 Å². The SMILES string of the molecule is CC(CNC(=O)c1ccc(CNS(C)(=O)=O)o1)CC(=O)O. The van der Waals surface area contributed by atoms with Crippen LogP contribution in [0.3, 0.4) is 0 Å². The molecule has 0 aliphatic heterocycles. The number of amides is 1. The molecule has 0 radical (unpaired) electrons. The summed E-state index contributed by atoms with van der Waals surface area (Å²) in [6.45, 7) is 1.88. The Balaban J connectivity index is 2.48. The molecule has 0 saturated heterocycles. The van der Waals surface area contributed by atoms with Gasteiger partial charge in [-0.05, 0) is 18.1 Å². The van der Waals surface area contributed by atoms with Crippen molar-refractivity contribution in [2.45, 2.75) is 19.9 Å². The summed E-state index contributed by atoms with van der Waals surface area (Å²) in [4.78, 5) is 22.3. The van der Waals surface area contributed by atoms with Gasteiger partial charge in [-0.15, -0.1) is 0 Å². The molecule has 0 aromatic carbocycles. The summed E-state index contributed by atoms with van der Waals surface area (Å²) in [7, 11) is -3.33. The number of rotatable bonds is 8. The third-order valence-electron chi connectivity index (χ3n) is 2.53. The van der Waals surface area contributed by atoms with Crippen molar-refractivity contribution in [3.63, 3.8) is 0 Å². The van der Waals surface area contributed by atoms with Crippen LogP contribution in [0.25, 0.3) is 0 Å². The zero-order chi connectivity index (χ0) is 16.0. The van der Waals surface area contributed by atoms with Crippen molar-refractivity contribution in [3.05, 3.63) is 23.7 Å². The molecule has 9 heteroatoms. The number of hydrogen-bond donors (Lipinski definition) is 3. The Morgan fingerprint density at radius 1 is 1.38 bits per heavy atom. The van der Waals surface area contributed by atoms with Crippen LogP contribution in [0, 0.1) is 5.92 Å². The van der Waals surface area contributed by atoms with E-state index in [2.05, 4.69) is 10.0 Å². The van der Waals surface area contributed by atoms with Gasteiger partial charge in [-0.2, -0.15) is 0 Å². The van der Waals surface area contributed by atoms with Crippen LogP contribution in [0.5, 0.6) is 0 Å². The monoisotopic (exact) mass is 318 g/mol. The average Bonchev–Trinajstić information content (AvgIpc) is 2.80. The molecule has 0 aliphatic rings. The number of nitrogens with one attached hydrogen (secondary N) is 2. The van der Waals surface area contributed by atoms with Gasteiger partial charge in [0.1, 0.15) is 5.76 Å². The van der Waals surface area contributed by atoms with Crippen LogP contribution in [0.4, 0.5) is 0 Å². The second-order valence-corrected chi connectivity index (χ2v) is 6.61. The van der Waals surface area contributed by atoms with E-state index in [4.69, 9.17) is 9.52 Å². The number of furan rings is 1. The Morgan fingerprint density at radius 3 is 2.62 bits per heavy atom. The molecule has 3 N–H and O–H groups in total. The van der Waals surface area contributed by atoms with Crippen molar-refractivity contribution >= 4 is 21.9 Å². The van der Waals surface area contributed by atoms with Crippen molar-refractivity contribution in [1.82, 2.24) is 10.0 Å². The van der Waals surface area contributed by atoms with Gasteiger partial charge in [0.2, 0.25) is 10.0 Å². The maximum Gasteiger partial charge on any atom is 0.303 e. The van der Waals surface area contributed by atoms with E-state index >= 15 is 0 Å². The lowest BCUT2D eigenvalue weighted by Crippen LogP contribution is -2.28. The third-order valence-corrected chi connectivity index (χ3v) is 3.20. The Kier molecular flexibility index (Phi) is 5.91. The maximum atomic E-state index is 11.8. The van der Waals surface area contributed by atoms with E-state index in [1.54, 1.807) is 6.92 Å².